The quantitative estimate of drug-likeness (QED) is 0.730. The molecule has 0 radical (unpaired) electrons. The summed E-state index contributed by atoms with van der Waals surface area (Å²) in [5.41, 5.74) is 1.48. The molecule has 0 bridgehead atoms. The Kier molecular flexibility index (Phi) is 3.90. The van der Waals surface area contributed by atoms with Crippen molar-refractivity contribution in [2.75, 3.05) is 0 Å². The zero-order valence-corrected chi connectivity index (χ0v) is 13.3. The van der Waals surface area contributed by atoms with E-state index in [-0.39, 0.29) is 0 Å². The van der Waals surface area contributed by atoms with Crippen molar-refractivity contribution in [2.45, 2.75) is 33.4 Å². The van der Waals surface area contributed by atoms with Gasteiger partial charge < -0.3 is 4.52 Å². The molecule has 0 aliphatic carbocycles. The largest absolute Gasteiger partial charge is 0.416 e. The summed E-state index contributed by atoms with van der Waals surface area (Å²) in [6, 6.07) is 4.83. The molecule has 126 valence electrons. The van der Waals surface area contributed by atoms with E-state index in [2.05, 4.69) is 15.2 Å². The Hall–Kier alpha value is -2.64. The third kappa shape index (κ3) is 3.04. The molecule has 0 spiro atoms. The van der Waals surface area contributed by atoms with Gasteiger partial charge in [-0.2, -0.15) is 18.3 Å². The van der Waals surface area contributed by atoms with E-state index < -0.39 is 11.7 Å². The van der Waals surface area contributed by atoms with Crippen molar-refractivity contribution in [2.24, 2.45) is 0 Å². The molecular formula is C16H15F3N4O. The summed E-state index contributed by atoms with van der Waals surface area (Å²) in [6.45, 7) is 5.37. The van der Waals surface area contributed by atoms with Gasteiger partial charge in [-0.15, -0.1) is 0 Å². The monoisotopic (exact) mass is 336 g/mol. The van der Waals surface area contributed by atoms with Gasteiger partial charge in [0.05, 0.1) is 16.9 Å². The van der Waals surface area contributed by atoms with E-state index in [1.165, 1.54) is 12.1 Å². The van der Waals surface area contributed by atoms with E-state index >= 15 is 0 Å². The van der Waals surface area contributed by atoms with Gasteiger partial charge in [0.1, 0.15) is 17.4 Å². The molecule has 0 unspecified atom stereocenters. The molecule has 3 aromatic rings. The Bertz CT molecular complexity index is 843. The molecule has 0 amide bonds. The summed E-state index contributed by atoms with van der Waals surface area (Å²) in [4.78, 5) is 4.38. The summed E-state index contributed by atoms with van der Waals surface area (Å²) in [5, 5.41) is 8.19. The van der Waals surface area contributed by atoms with Crippen molar-refractivity contribution in [3.63, 3.8) is 0 Å². The first kappa shape index (κ1) is 16.2. The molecular weight excluding hydrogens is 321 g/mol. The minimum Gasteiger partial charge on any atom is -0.361 e. The minimum atomic E-state index is -4.36. The second kappa shape index (κ2) is 5.77. The van der Waals surface area contributed by atoms with E-state index in [1.807, 2.05) is 6.92 Å². The number of rotatable bonds is 3. The highest BCUT2D eigenvalue weighted by atomic mass is 19.4. The van der Waals surface area contributed by atoms with Crippen molar-refractivity contribution < 1.29 is 17.7 Å². The molecule has 0 fully saturated rings. The maximum atomic E-state index is 12.7. The summed E-state index contributed by atoms with van der Waals surface area (Å²) >= 11 is 0. The average molecular weight is 336 g/mol. The van der Waals surface area contributed by atoms with Gasteiger partial charge in [-0.1, -0.05) is 5.16 Å². The summed E-state index contributed by atoms with van der Waals surface area (Å²) < 4.78 is 44.8. The maximum Gasteiger partial charge on any atom is 0.416 e. The van der Waals surface area contributed by atoms with Crippen LogP contribution in [0.2, 0.25) is 0 Å². The molecule has 2 heterocycles. The van der Waals surface area contributed by atoms with Crippen molar-refractivity contribution in [3.05, 3.63) is 58.5 Å². The Morgan fingerprint density at radius 2 is 1.75 bits per heavy atom. The van der Waals surface area contributed by atoms with Gasteiger partial charge in [0.2, 0.25) is 0 Å². The van der Waals surface area contributed by atoms with Crippen LogP contribution < -0.4 is 0 Å². The second-order valence-corrected chi connectivity index (χ2v) is 5.51. The number of nitrogens with zero attached hydrogens (tertiary/aromatic N) is 4. The highest BCUT2D eigenvalue weighted by Crippen LogP contribution is 2.29. The van der Waals surface area contributed by atoms with Gasteiger partial charge in [0.15, 0.2) is 0 Å². The molecule has 0 saturated heterocycles. The lowest BCUT2D eigenvalue weighted by Crippen LogP contribution is -2.07. The topological polar surface area (TPSA) is 56.7 Å². The van der Waals surface area contributed by atoms with Crippen molar-refractivity contribution >= 4 is 0 Å². The summed E-state index contributed by atoms with van der Waals surface area (Å²) in [5.74, 6) is 1.84. The summed E-state index contributed by atoms with van der Waals surface area (Å²) in [7, 11) is 0. The minimum absolute atomic E-state index is 0.434. The highest BCUT2D eigenvalue weighted by molar-refractivity contribution is 5.37. The number of benzene rings is 1. The van der Waals surface area contributed by atoms with Gasteiger partial charge in [-0.25, -0.2) is 9.67 Å². The Labute approximate surface area is 136 Å². The van der Waals surface area contributed by atoms with Crippen LogP contribution in [0.3, 0.4) is 0 Å². The molecule has 24 heavy (non-hydrogen) atoms. The van der Waals surface area contributed by atoms with Crippen LogP contribution in [0, 0.1) is 20.8 Å². The lowest BCUT2D eigenvalue weighted by Gasteiger charge is -2.09. The molecule has 0 aliphatic rings. The van der Waals surface area contributed by atoms with Crippen LogP contribution in [0.25, 0.3) is 5.69 Å². The van der Waals surface area contributed by atoms with Crippen molar-refractivity contribution in [1.82, 2.24) is 19.9 Å². The van der Waals surface area contributed by atoms with Crippen LogP contribution in [0.5, 0.6) is 0 Å². The van der Waals surface area contributed by atoms with Gasteiger partial charge in [-0.3, -0.25) is 0 Å². The third-order valence-corrected chi connectivity index (χ3v) is 3.74. The van der Waals surface area contributed by atoms with Crippen molar-refractivity contribution in [3.8, 4) is 5.69 Å². The van der Waals surface area contributed by atoms with Crippen LogP contribution >= 0.6 is 0 Å². The molecule has 8 heteroatoms. The lowest BCUT2D eigenvalue weighted by atomic mass is 10.1. The SMILES string of the molecule is Cc1nc(Cc2c(C)noc2C)n(-c2ccc(C(F)(F)F)cc2)n1. The Balaban J connectivity index is 1.98. The van der Waals surface area contributed by atoms with E-state index in [0.717, 1.165) is 23.4 Å². The van der Waals surface area contributed by atoms with E-state index in [4.69, 9.17) is 4.52 Å². The van der Waals surface area contributed by atoms with E-state index in [0.29, 0.717) is 29.5 Å². The van der Waals surface area contributed by atoms with E-state index in [9.17, 15) is 13.2 Å². The van der Waals surface area contributed by atoms with Crippen molar-refractivity contribution in [1.29, 1.82) is 0 Å². The number of hydrogen-bond acceptors (Lipinski definition) is 4. The number of halogens is 3. The fourth-order valence-corrected chi connectivity index (χ4v) is 2.48. The van der Waals surface area contributed by atoms with Gasteiger partial charge in [0.25, 0.3) is 0 Å². The van der Waals surface area contributed by atoms with Crippen LogP contribution in [0.4, 0.5) is 13.2 Å². The molecule has 5 nitrogen and oxygen atoms in total. The molecule has 0 atom stereocenters. The number of aryl methyl sites for hydroxylation is 3. The van der Waals surface area contributed by atoms with Gasteiger partial charge in [0, 0.05) is 12.0 Å². The highest BCUT2D eigenvalue weighted by Gasteiger charge is 2.30. The van der Waals surface area contributed by atoms with Crippen LogP contribution in [-0.4, -0.2) is 19.9 Å². The first-order valence-corrected chi connectivity index (χ1v) is 7.27. The normalized spacial score (nSPS) is 11.9. The Morgan fingerprint density at radius 3 is 2.29 bits per heavy atom. The molecule has 0 N–H and O–H groups in total. The molecule has 1 aromatic carbocycles. The lowest BCUT2D eigenvalue weighted by molar-refractivity contribution is -0.137. The third-order valence-electron chi connectivity index (χ3n) is 3.74. The zero-order chi connectivity index (χ0) is 17.5. The Morgan fingerprint density at radius 1 is 1.08 bits per heavy atom. The number of hydrogen-bond donors (Lipinski definition) is 0. The van der Waals surface area contributed by atoms with E-state index in [1.54, 1.807) is 18.5 Å². The predicted molar refractivity (Wildman–Crippen MR) is 79.9 cm³/mol. The standard InChI is InChI=1S/C16H15F3N4O/c1-9-14(10(2)24-22-9)8-15-20-11(3)21-23(15)13-6-4-12(5-7-13)16(17,18)19/h4-7H,8H2,1-3H3. The van der Waals surface area contributed by atoms with Crippen LogP contribution in [0.1, 0.15) is 34.2 Å². The predicted octanol–water partition coefficient (Wildman–Crippen LogP) is 3.79. The maximum absolute atomic E-state index is 12.7. The smallest absolute Gasteiger partial charge is 0.361 e. The summed E-state index contributed by atoms with van der Waals surface area (Å²) in [6.07, 6.45) is -3.93. The first-order chi connectivity index (χ1) is 11.3. The average Bonchev–Trinajstić information content (AvgIpc) is 3.04. The molecule has 0 saturated carbocycles. The molecule has 0 aliphatic heterocycles. The van der Waals surface area contributed by atoms with Gasteiger partial charge >= 0.3 is 6.18 Å². The molecule has 2 aromatic heterocycles. The fraction of sp³-hybridized carbons (Fsp3) is 0.312. The number of alkyl halides is 3. The second-order valence-electron chi connectivity index (χ2n) is 5.51. The van der Waals surface area contributed by atoms with Crippen LogP contribution in [-0.2, 0) is 12.6 Å². The van der Waals surface area contributed by atoms with Crippen LogP contribution in [0.15, 0.2) is 28.8 Å². The first-order valence-electron chi connectivity index (χ1n) is 7.27. The fourth-order valence-electron chi connectivity index (χ4n) is 2.48. The van der Waals surface area contributed by atoms with Gasteiger partial charge in [-0.05, 0) is 45.0 Å². The zero-order valence-electron chi connectivity index (χ0n) is 13.3. The molecule has 3 rings (SSSR count). The number of aromatic nitrogens is 4.